The van der Waals surface area contributed by atoms with Crippen LogP contribution in [-0.2, 0) is 0 Å². The molecule has 3 saturated carbocycles. The monoisotopic (exact) mass is 165 g/mol. The number of fused-ring (bicyclic) bond motifs is 2. The van der Waals surface area contributed by atoms with Crippen LogP contribution < -0.4 is 5.73 Å². The van der Waals surface area contributed by atoms with Crippen LogP contribution in [-0.4, -0.2) is 6.04 Å². The molecule has 3 aliphatic carbocycles. The fraction of sp³-hybridized carbons (Fsp3) is 1.00. The van der Waals surface area contributed by atoms with Crippen LogP contribution in [0, 0.1) is 23.7 Å². The third kappa shape index (κ3) is 1.02. The van der Waals surface area contributed by atoms with E-state index in [2.05, 4.69) is 0 Å². The first-order valence-electron chi connectivity index (χ1n) is 5.57. The highest BCUT2D eigenvalue weighted by Crippen LogP contribution is 2.52. The van der Waals surface area contributed by atoms with Crippen LogP contribution >= 0.6 is 0 Å². The lowest BCUT2D eigenvalue weighted by Crippen LogP contribution is -2.26. The Labute approximate surface area is 74.7 Å². The first-order chi connectivity index (χ1) is 5.81. The topological polar surface area (TPSA) is 26.0 Å². The van der Waals surface area contributed by atoms with E-state index >= 15 is 0 Å². The minimum absolute atomic E-state index is 0.545. The smallest absolute Gasteiger partial charge is 0.00442 e. The second-order valence-corrected chi connectivity index (χ2v) is 5.43. The molecule has 0 spiro atoms. The van der Waals surface area contributed by atoms with Crippen molar-refractivity contribution in [2.45, 2.75) is 44.6 Å². The molecule has 3 bridgehead atoms. The summed E-state index contributed by atoms with van der Waals surface area (Å²) in [4.78, 5) is 0. The second kappa shape index (κ2) is 2.47. The lowest BCUT2D eigenvalue weighted by molar-refractivity contribution is 0.250. The van der Waals surface area contributed by atoms with Crippen molar-refractivity contribution < 1.29 is 0 Å². The van der Waals surface area contributed by atoms with E-state index in [1.807, 2.05) is 0 Å². The van der Waals surface area contributed by atoms with Crippen LogP contribution in [0.25, 0.3) is 0 Å². The Bertz CT molecular complexity index is 185. The molecule has 0 aromatic heterocycles. The Morgan fingerprint density at radius 2 is 1.25 bits per heavy atom. The predicted molar refractivity (Wildman–Crippen MR) is 49.6 cm³/mol. The summed E-state index contributed by atoms with van der Waals surface area (Å²) >= 11 is 0. The van der Waals surface area contributed by atoms with E-state index in [4.69, 9.17) is 5.73 Å². The van der Waals surface area contributed by atoms with Crippen molar-refractivity contribution in [2.75, 3.05) is 0 Å². The Balaban J connectivity index is 1.88. The molecule has 3 rings (SSSR count). The van der Waals surface area contributed by atoms with Gasteiger partial charge in [-0.25, -0.2) is 0 Å². The van der Waals surface area contributed by atoms with E-state index in [-0.39, 0.29) is 0 Å². The highest BCUT2D eigenvalue weighted by atomic mass is 14.7. The zero-order valence-corrected chi connectivity index (χ0v) is 7.71. The Hall–Kier alpha value is -0.0400. The molecular weight excluding hydrogens is 146 g/mol. The Kier molecular flexibility index (Phi) is 1.52. The molecule has 0 aromatic rings. The van der Waals surface area contributed by atoms with Gasteiger partial charge in [0.2, 0.25) is 0 Å². The van der Waals surface area contributed by atoms with Crippen LogP contribution in [0.5, 0.6) is 0 Å². The number of hydrogen-bond donors (Lipinski definition) is 1. The van der Waals surface area contributed by atoms with Gasteiger partial charge in [0.05, 0.1) is 0 Å². The highest BCUT2D eigenvalue weighted by Gasteiger charge is 2.43. The first-order valence-corrected chi connectivity index (χ1v) is 5.57. The lowest BCUT2D eigenvalue weighted by atomic mass is 9.79. The van der Waals surface area contributed by atoms with Gasteiger partial charge < -0.3 is 5.73 Å². The predicted octanol–water partition coefficient (Wildman–Crippen LogP) is 2.16. The molecule has 0 saturated heterocycles. The molecule has 68 valence electrons. The summed E-state index contributed by atoms with van der Waals surface area (Å²) in [5, 5.41) is 0. The maximum absolute atomic E-state index is 6.11. The largest absolute Gasteiger partial charge is 0.328 e. The fourth-order valence-electron chi connectivity index (χ4n) is 4.21. The van der Waals surface area contributed by atoms with Crippen molar-refractivity contribution in [3.63, 3.8) is 0 Å². The van der Waals surface area contributed by atoms with Gasteiger partial charge in [-0.15, -0.1) is 0 Å². The van der Waals surface area contributed by atoms with Crippen LogP contribution in [0.4, 0.5) is 0 Å². The van der Waals surface area contributed by atoms with Gasteiger partial charge in [0.15, 0.2) is 0 Å². The van der Waals surface area contributed by atoms with Crippen molar-refractivity contribution in [3.8, 4) is 0 Å². The minimum atomic E-state index is 0.545. The van der Waals surface area contributed by atoms with Crippen molar-refractivity contribution >= 4 is 0 Å². The molecule has 1 nitrogen and oxygen atoms in total. The number of nitrogens with two attached hydrogens (primary N) is 1. The van der Waals surface area contributed by atoms with Gasteiger partial charge >= 0.3 is 0 Å². The molecule has 0 heterocycles. The molecular formula is C11H19N. The van der Waals surface area contributed by atoms with Crippen molar-refractivity contribution in [1.82, 2.24) is 0 Å². The SMILES string of the molecule is NC1CC2CC3CC(C1)C(C2)C3. The molecule has 0 amide bonds. The van der Waals surface area contributed by atoms with Gasteiger partial charge in [0, 0.05) is 6.04 Å². The Morgan fingerprint density at radius 3 is 2.00 bits per heavy atom. The van der Waals surface area contributed by atoms with Crippen molar-refractivity contribution in [3.05, 3.63) is 0 Å². The summed E-state index contributed by atoms with van der Waals surface area (Å²) in [6.07, 6.45) is 8.79. The van der Waals surface area contributed by atoms with Gasteiger partial charge in [-0.3, -0.25) is 0 Å². The maximum Gasteiger partial charge on any atom is 0.00442 e. The highest BCUT2D eigenvalue weighted by molar-refractivity contribution is 4.95. The fourth-order valence-corrected chi connectivity index (χ4v) is 4.21. The second-order valence-electron chi connectivity index (χ2n) is 5.43. The summed E-state index contributed by atoms with van der Waals surface area (Å²) in [5.74, 6) is 4.22. The zero-order chi connectivity index (χ0) is 8.13. The average molecular weight is 165 g/mol. The van der Waals surface area contributed by atoms with Gasteiger partial charge in [-0.05, 0) is 62.2 Å². The molecule has 0 aliphatic heterocycles. The van der Waals surface area contributed by atoms with Crippen LogP contribution in [0.1, 0.15) is 38.5 Å². The molecule has 12 heavy (non-hydrogen) atoms. The quantitative estimate of drug-likeness (QED) is 0.585. The minimum Gasteiger partial charge on any atom is -0.328 e. The third-order valence-corrected chi connectivity index (χ3v) is 4.48. The normalized spacial score (nSPS) is 57.2. The summed E-state index contributed by atoms with van der Waals surface area (Å²) in [6, 6.07) is 0.545. The molecule has 1 heteroatoms. The van der Waals surface area contributed by atoms with E-state index in [9.17, 15) is 0 Å². The van der Waals surface area contributed by atoms with E-state index in [0.717, 1.165) is 23.7 Å². The first kappa shape index (κ1) is 7.37. The van der Waals surface area contributed by atoms with E-state index < -0.39 is 0 Å². The molecule has 3 fully saturated rings. The molecule has 0 radical (unpaired) electrons. The number of hydrogen-bond acceptors (Lipinski definition) is 1. The van der Waals surface area contributed by atoms with Gasteiger partial charge in [0.25, 0.3) is 0 Å². The molecule has 5 unspecified atom stereocenters. The van der Waals surface area contributed by atoms with E-state index in [0.29, 0.717) is 6.04 Å². The van der Waals surface area contributed by atoms with Crippen LogP contribution in [0.3, 0.4) is 0 Å². The zero-order valence-electron chi connectivity index (χ0n) is 7.71. The lowest BCUT2D eigenvalue weighted by Gasteiger charge is -2.27. The molecule has 0 aromatic carbocycles. The Morgan fingerprint density at radius 1 is 0.667 bits per heavy atom. The molecule has 2 N–H and O–H groups in total. The third-order valence-electron chi connectivity index (χ3n) is 4.48. The standard InChI is InChI=1S/C11H19N/c12-11-5-8-1-7-2-9(4-8)10(3-7)6-11/h7-11H,1-6,12H2. The van der Waals surface area contributed by atoms with Gasteiger partial charge in [0.1, 0.15) is 0 Å². The maximum atomic E-state index is 6.11. The van der Waals surface area contributed by atoms with Gasteiger partial charge in [-0.1, -0.05) is 0 Å². The molecule has 5 atom stereocenters. The summed E-state index contributed by atoms with van der Waals surface area (Å²) in [6.45, 7) is 0. The van der Waals surface area contributed by atoms with E-state index in [1.54, 1.807) is 6.42 Å². The average Bonchev–Trinajstić information content (AvgIpc) is 2.20. The van der Waals surface area contributed by atoms with Crippen molar-refractivity contribution in [2.24, 2.45) is 29.4 Å². The summed E-state index contributed by atoms with van der Waals surface area (Å²) < 4.78 is 0. The van der Waals surface area contributed by atoms with Gasteiger partial charge in [-0.2, -0.15) is 0 Å². The van der Waals surface area contributed by atoms with Crippen LogP contribution in [0.2, 0.25) is 0 Å². The summed E-state index contributed by atoms with van der Waals surface area (Å²) in [7, 11) is 0. The van der Waals surface area contributed by atoms with E-state index in [1.165, 1.54) is 32.1 Å². The van der Waals surface area contributed by atoms with Crippen LogP contribution in [0.15, 0.2) is 0 Å². The number of rotatable bonds is 0. The molecule has 3 aliphatic rings. The summed E-state index contributed by atoms with van der Waals surface area (Å²) in [5.41, 5.74) is 6.11. The van der Waals surface area contributed by atoms with Crippen molar-refractivity contribution in [1.29, 1.82) is 0 Å².